The third-order valence-electron chi connectivity index (χ3n) is 3.37. The molecule has 2 aromatic rings. The number of halogens is 2. The zero-order valence-corrected chi connectivity index (χ0v) is 15.2. The SMILES string of the molecule is CCOc1cc(C(=O)O[C@H](C)c2ccc(F)cc2)cc(Br)c1OC. The van der Waals surface area contributed by atoms with Gasteiger partial charge in [0.05, 0.1) is 23.8 Å². The maximum absolute atomic E-state index is 13.0. The molecule has 4 nitrogen and oxygen atoms in total. The first-order chi connectivity index (χ1) is 11.5. The largest absolute Gasteiger partial charge is 0.492 e. The first-order valence-corrected chi connectivity index (χ1v) is 8.22. The van der Waals surface area contributed by atoms with E-state index in [1.165, 1.54) is 19.2 Å². The highest BCUT2D eigenvalue weighted by Gasteiger charge is 2.19. The van der Waals surface area contributed by atoms with Gasteiger partial charge in [0, 0.05) is 0 Å². The maximum atomic E-state index is 13.0. The molecule has 6 heteroatoms. The van der Waals surface area contributed by atoms with E-state index in [0.717, 1.165) is 0 Å². The third-order valence-corrected chi connectivity index (χ3v) is 3.96. The summed E-state index contributed by atoms with van der Waals surface area (Å²) in [5.74, 6) is 0.129. The fourth-order valence-electron chi connectivity index (χ4n) is 2.18. The van der Waals surface area contributed by atoms with Gasteiger partial charge in [0.15, 0.2) is 11.5 Å². The van der Waals surface area contributed by atoms with Crippen LogP contribution < -0.4 is 9.47 Å². The zero-order valence-electron chi connectivity index (χ0n) is 13.6. The van der Waals surface area contributed by atoms with Crippen molar-refractivity contribution in [3.8, 4) is 11.5 Å². The lowest BCUT2D eigenvalue weighted by molar-refractivity contribution is 0.0337. The summed E-state index contributed by atoms with van der Waals surface area (Å²) < 4.78 is 29.8. The monoisotopic (exact) mass is 396 g/mol. The standard InChI is InChI=1S/C18H18BrFO4/c1-4-23-16-10-13(9-15(19)17(16)22-3)18(21)24-11(2)12-5-7-14(20)8-6-12/h5-11H,4H2,1-3H3/t11-/m1/s1. The van der Waals surface area contributed by atoms with Crippen molar-refractivity contribution >= 4 is 21.9 Å². The van der Waals surface area contributed by atoms with Crippen LogP contribution in [0.25, 0.3) is 0 Å². The summed E-state index contributed by atoms with van der Waals surface area (Å²) in [5.41, 5.74) is 1.04. The molecule has 0 spiro atoms. The summed E-state index contributed by atoms with van der Waals surface area (Å²) in [5, 5.41) is 0. The summed E-state index contributed by atoms with van der Waals surface area (Å²) in [4.78, 5) is 12.4. The van der Waals surface area contributed by atoms with Crippen molar-refractivity contribution in [1.29, 1.82) is 0 Å². The van der Waals surface area contributed by atoms with Crippen LogP contribution in [0.1, 0.15) is 35.9 Å². The maximum Gasteiger partial charge on any atom is 0.338 e. The van der Waals surface area contributed by atoms with E-state index in [9.17, 15) is 9.18 Å². The second-order valence-electron chi connectivity index (χ2n) is 5.02. The Morgan fingerprint density at radius 1 is 1.25 bits per heavy atom. The van der Waals surface area contributed by atoms with Crippen LogP contribution in [0.5, 0.6) is 11.5 Å². The van der Waals surface area contributed by atoms with Crippen molar-refractivity contribution in [3.05, 3.63) is 57.8 Å². The molecule has 0 N–H and O–H groups in total. The summed E-state index contributed by atoms with van der Waals surface area (Å²) in [6, 6.07) is 9.02. The average Bonchev–Trinajstić information content (AvgIpc) is 2.55. The number of carbonyl (C=O) groups excluding carboxylic acids is 1. The highest BCUT2D eigenvalue weighted by atomic mass is 79.9. The molecular formula is C18H18BrFO4. The van der Waals surface area contributed by atoms with Crippen LogP contribution in [0.2, 0.25) is 0 Å². The van der Waals surface area contributed by atoms with Gasteiger partial charge in [-0.2, -0.15) is 0 Å². The zero-order chi connectivity index (χ0) is 17.7. The number of hydrogen-bond donors (Lipinski definition) is 0. The lowest BCUT2D eigenvalue weighted by atomic mass is 10.1. The van der Waals surface area contributed by atoms with Crippen molar-refractivity contribution < 1.29 is 23.4 Å². The van der Waals surface area contributed by atoms with E-state index < -0.39 is 12.1 Å². The number of methoxy groups -OCH3 is 1. The molecule has 1 atom stereocenters. The number of rotatable bonds is 6. The number of hydrogen-bond acceptors (Lipinski definition) is 4. The molecule has 0 radical (unpaired) electrons. The van der Waals surface area contributed by atoms with Crippen molar-refractivity contribution in [3.63, 3.8) is 0 Å². The molecule has 0 saturated carbocycles. The Morgan fingerprint density at radius 2 is 1.92 bits per heavy atom. The van der Waals surface area contributed by atoms with E-state index in [-0.39, 0.29) is 5.82 Å². The van der Waals surface area contributed by atoms with Gasteiger partial charge in [-0.25, -0.2) is 9.18 Å². The second kappa shape index (κ2) is 8.15. The predicted molar refractivity (Wildman–Crippen MR) is 92.1 cm³/mol. The van der Waals surface area contributed by atoms with Crippen LogP contribution in [0, 0.1) is 5.82 Å². The van der Waals surface area contributed by atoms with Gasteiger partial charge in [0.2, 0.25) is 0 Å². The molecule has 0 aliphatic carbocycles. The normalized spacial score (nSPS) is 11.7. The van der Waals surface area contributed by atoms with Crippen molar-refractivity contribution in [1.82, 2.24) is 0 Å². The van der Waals surface area contributed by atoms with Crippen molar-refractivity contribution in [2.75, 3.05) is 13.7 Å². The lowest BCUT2D eigenvalue weighted by Crippen LogP contribution is -2.10. The fourth-order valence-corrected chi connectivity index (χ4v) is 2.78. The Balaban J connectivity index is 2.21. The smallest absolute Gasteiger partial charge is 0.338 e. The molecule has 0 fully saturated rings. The molecule has 0 aliphatic heterocycles. The minimum Gasteiger partial charge on any atom is -0.492 e. The molecule has 24 heavy (non-hydrogen) atoms. The molecule has 2 rings (SSSR count). The third kappa shape index (κ3) is 4.26. The Kier molecular flexibility index (Phi) is 6.20. The number of esters is 1. The number of carbonyl (C=O) groups is 1. The molecule has 0 heterocycles. The molecule has 128 valence electrons. The highest BCUT2D eigenvalue weighted by molar-refractivity contribution is 9.10. The summed E-state index contributed by atoms with van der Waals surface area (Å²) in [7, 11) is 1.53. The fraction of sp³-hybridized carbons (Fsp3) is 0.278. The van der Waals surface area contributed by atoms with Gasteiger partial charge in [0.25, 0.3) is 0 Å². The van der Waals surface area contributed by atoms with Gasteiger partial charge >= 0.3 is 5.97 Å². The molecule has 0 amide bonds. The van der Waals surface area contributed by atoms with Gasteiger partial charge in [-0.1, -0.05) is 12.1 Å². The summed E-state index contributed by atoms with van der Waals surface area (Å²) in [6.07, 6.45) is -0.505. The van der Waals surface area contributed by atoms with Crippen LogP contribution >= 0.6 is 15.9 Å². The van der Waals surface area contributed by atoms with E-state index in [0.29, 0.717) is 33.7 Å². The van der Waals surface area contributed by atoms with Gasteiger partial charge in [-0.3, -0.25) is 0 Å². The first kappa shape index (κ1) is 18.3. The molecule has 0 bridgehead atoms. The first-order valence-electron chi connectivity index (χ1n) is 7.43. The molecule has 0 unspecified atom stereocenters. The van der Waals surface area contributed by atoms with Gasteiger partial charge in [-0.15, -0.1) is 0 Å². The predicted octanol–water partition coefficient (Wildman–Crippen LogP) is 4.91. The van der Waals surface area contributed by atoms with Crippen LogP contribution in [0.3, 0.4) is 0 Å². The van der Waals surface area contributed by atoms with E-state index >= 15 is 0 Å². The molecule has 0 saturated heterocycles. The van der Waals surface area contributed by atoms with Crippen LogP contribution in [0.15, 0.2) is 40.9 Å². The van der Waals surface area contributed by atoms with Gasteiger partial charge < -0.3 is 14.2 Å². The topological polar surface area (TPSA) is 44.8 Å². The minimum atomic E-state index is -0.505. The minimum absolute atomic E-state index is 0.333. The second-order valence-corrected chi connectivity index (χ2v) is 5.88. The van der Waals surface area contributed by atoms with Crippen LogP contribution in [0.4, 0.5) is 4.39 Å². The molecule has 2 aromatic carbocycles. The Hall–Kier alpha value is -2.08. The van der Waals surface area contributed by atoms with Crippen LogP contribution in [-0.4, -0.2) is 19.7 Å². The molecular weight excluding hydrogens is 379 g/mol. The quantitative estimate of drug-likeness (QED) is 0.650. The highest BCUT2D eigenvalue weighted by Crippen LogP contribution is 2.37. The molecule has 0 aromatic heterocycles. The Labute approximate surface area is 148 Å². The van der Waals surface area contributed by atoms with Crippen molar-refractivity contribution in [2.24, 2.45) is 0 Å². The summed E-state index contributed by atoms with van der Waals surface area (Å²) in [6.45, 7) is 4.01. The van der Waals surface area contributed by atoms with E-state index in [1.54, 1.807) is 31.2 Å². The molecule has 0 aliphatic rings. The van der Waals surface area contributed by atoms with E-state index in [2.05, 4.69) is 15.9 Å². The van der Waals surface area contributed by atoms with Crippen LogP contribution in [-0.2, 0) is 4.74 Å². The van der Waals surface area contributed by atoms with E-state index in [4.69, 9.17) is 14.2 Å². The van der Waals surface area contributed by atoms with Crippen molar-refractivity contribution in [2.45, 2.75) is 20.0 Å². The van der Waals surface area contributed by atoms with Gasteiger partial charge in [-0.05, 0) is 59.6 Å². The lowest BCUT2D eigenvalue weighted by Gasteiger charge is -2.16. The van der Waals surface area contributed by atoms with E-state index in [1.807, 2.05) is 6.92 Å². The Morgan fingerprint density at radius 3 is 2.50 bits per heavy atom. The number of ether oxygens (including phenoxy) is 3. The Bertz CT molecular complexity index is 716. The van der Waals surface area contributed by atoms with Gasteiger partial charge in [0.1, 0.15) is 11.9 Å². The summed E-state index contributed by atoms with van der Waals surface area (Å²) >= 11 is 3.36. The number of benzene rings is 2. The average molecular weight is 397 g/mol.